The van der Waals surface area contributed by atoms with E-state index < -0.39 is 0 Å². The summed E-state index contributed by atoms with van der Waals surface area (Å²) >= 11 is 0. The Morgan fingerprint density at radius 2 is 1.80 bits per heavy atom. The Bertz CT molecular complexity index is 283. The molecule has 2 saturated carbocycles. The van der Waals surface area contributed by atoms with E-state index in [1.165, 1.54) is 51.4 Å². The van der Waals surface area contributed by atoms with Gasteiger partial charge in [0.2, 0.25) is 0 Å². The molecule has 0 aromatic heterocycles. The van der Waals surface area contributed by atoms with E-state index >= 15 is 0 Å². The Labute approximate surface area is 123 Å². The Morgan fingerprint density at radius 3 is 2.50 bits per heavy atom. The average Bonchev–Trinajstić information content (AvgIpc) is 3.14. The van der Waals surface area contributed by atoms with Crippen LogP contribution >= 0.6 is 0 Å². The highest BCUT2D eigenvalue weighted by molar-refractivity contribution is 5.79. The van der Waals surface area contributed by atoms with Crippen molar-refractivity contribution in [2.45, 2.75) is 51.4 Å². The molecule has 0 amide bonds. The average molecular weight is 281 g/mol. The summed E-state index contributed by atoms with van der Waals surface area (Å²) in [6.45, 7) is 3.59. The number of hydrogen-bond acceptors (Lipinski definition) is 2. The van der Waals surface area contributed by atoms with Gasteiger partial charge >= 0.3 is 0 Å². The zero-order chi connectivity index (χ0) is 14.0. The molecule has 0 heterocycles. The van der Waals surface area contributed by atoms with Crippen molar-refractivity contribution in [3.05, 3.63) is 0 Å². The summed E-state index contributed by atoms with van der Waals surface area (Å²) in [5.74, 6) is 2.75. The highest BCUT2D eigenvalue weighted by Gasteiger charge is 2.20. The summed E-state index contributed by atoms with van der Waals surface area (Å²) in [5.41, 5.74) is 0. The van der Waals surface area contributed by atoms with Gasteiger partial charge in [0.15, 0.2) is 5.96 Å². The molecule has 4 heteroatoms. The molecule has 4 nitrogen and oxygen atoms in total. The van der Waals surface area contributed by atoms with Crippen molar-refractivity contribution in [1.29, 1.82) is 0 Å². The van der Waals surface area contributed by atoms with Crippen LogP contribution in [0.15, 0.2) is 4.99 Å². The highest BCUT2D eigenvalue weighted by atomic mass is 16.5. The highest BCUT2D eigenvalue weighted by Crippen LogP contribution is 2.28. The number of rotatable bonds is 9. The van der Waals surface area contributed by atoms with Crippen molar-refractivity contribution >= 4 is 5.96 Å². The van der Waals surface area contributed by atoms with Gasteiger partial charge in [-0.2, -0.15) is 0 Å². The third-order valence-corrected chi connectivity index (χ3v) is 4.37. The van der Waals surface area contributed by atoms with Crippen LogP contribution in [0.1, 0.15) is 51.4 Å². The lowest BCUT2D eigenvalue weighted by molar-refractivity contribution is 0.129. The van der Waals surface area contributed by atoms with E-state index in [9.17, 15) is 0 Å². The van der Waals surface area contributed by atoms with Gasteiger partial charge < -0.3 is 15.4 Å². The smallest absolute Gasteiger partial charge is 0.191 e. The van der Waals surface area contributed by atoms with Crippen LogP contribution in [0.4, 0.5) is 0 Å². The van der Waals surface area contributed by atoms with E-state index in [0.717, 1.165) is 44.1 Å². The van der Waals surface area contributed by atoms with Crippen LogP contribution in [-0.4, -0.2) is 39.3 Å². The molecule has 2 aliphatic carbocycles. The van der Waals surface area contributed by atoms with Gasteiger partial charge in [-0.25, -0.2) is 0 Å². The Morgan fingerprint density at radius 1 is 1.05 bits per heavy atom. The Kier molecular flexibility index (Phi) is 7.20. The first kappa shape index (κ1) is 15.6. The van der Waals surface area contributed by atoms with Gasteiger partial charge in [0.25, 0.3) is 0 Å². The second kappa shape index (κ2) is 9.22. The topological polar surface area (TPSA) is 45.7 Å². The van der Waals surface area contributed by atoms with Crippen molar-refractivity contribution in [2.75, 3.05) is 33.4 Å². The monoisotopic (exact) mass is 281 g/mol. The predicted octanol–water partition coefficient (Wildman–Crippen LogP) is 2.55. The van der Waals surface area contributed by atoms with E-state index in [0.29, 0.717) is 0 Å². The van der Waals surface area contributed by atoms with Crippen LogP contribution in [0.2, 0.25) is 0 Å². The molecule has 2 N–H and O–H groups in total. The Balaban J connectivity index is 1.42. The maximum atomic E-state index is 5.60. The minimum atomic E-state index is 0.777. The van der Waals surface area contributed by atoms with Crippen molar-refractivity contribution < 1.29 is 4.74 Å². The molecule has 0 aliphatic heterocycles. The molecule has 0 spiro atoms. The fourth-order valence-electron chi connectivity index (χ4n) is 2.89. The molecule has 116 valence electrons. The normalized spacial score (nSPS) is 20.4. The fourth-order valence-corrected chi connectivity index (χ4v) is 2.89. The second-order valence-corrected chi connectivity index (χ2v) is 6.24. The van der Waals surface area contributed by atoms with Crippen LogP contribution in [0.3, 0.4) is 0 Å². The molecule has 2 fully saturated rings. The molecule has 0 bridgehead atoms. The van der Waals surface area contributed by atoms with E-state index in [1.54, 1.807) is 0 Å². The third kappa shape index (κ3) is 6.60. The van der Waals surface area contributed by atoms with Gasteiger partial charge in [0.1, 0.15) is 0 Å². The summed E-state index contributed by atoms with van der Waals surface area (Å²) in [4.78, 5) is 4.24. The maximum Gasteiger partial charge on any atom is 0.191 e. The van der Waals surface area contributed by atoms with E-state index in [4.69, 9.17) is 4.74 Å². The molecular weight excluding hydrogens is 250 g/mol. The van der Waals surface area contributed by atoms with Gasteiger partial charge in [-0.05, 0) is 37.5 Å². The van der Waals surface area contributed by atoms with Crippen LogP contribution in [0.25, 0.3) is 0 Å². The number of guanidine groups is 1. The molecule has 0 radical (unpaired) electrons. The molecule has 0 aromatic carbocycles. The zero-order valence-electron chi connectivity index (χ0n) is 13.0. The second-order valence-electron chi connectivity index (χ2n) is 6.24. The lowest BCUT2D eigenvalue weighted by atomic mass is 10.0. The van der Waals surface area contributed by atoms with Crippen molar-refractivity contribution in [3.8, 4) is 0 Å². The van der Waals surface area contributed by atoms with Crippen molar-refractivity contribution in [1.82, 2.24) is 10.6 Å². The number of nitrogens with one attached hydrogen (secondary N) is 2. The first-order valence-corrected chi connectivity index (χ1v) is 8.40. The van der Waals surface area contributed by atoms with Gasteiger partial charge in [-0.3, -0.25) is 4.99 Å². The van der Waals surface area contributed by atoms with Crippen LogP contribution in [0.5, 0.6) is 0 Å². The van der Waals surface area contributed by atoms with Gasteiger partial charge in [-0.15, -0.1) is 0 Å². The minimum absolute atomic E-state index is 0.777. The first-order valence-electron chi connectivity index (χ1n) is 8.40. The molecule has 0 unspecified atom stereocenters. The molecule has 0 aromatic rings. The Hall–Kier alpha value is -0.770. The molecule has 2 rings (SSSR count). The summed E-state index contributed by atoms with van der Waals surface area (Å²) in [6.07, 6.45) is 11.1. The SMILES string of the molecule is CN=C(NCCCC1CCCC1)NCCOCC1CC1. The standard InChI is InChI=1S/C16H31N3O/c1-17-16(19-11-12-20-13-15-8-9-15)18-10-4-7-14-5-2-3-6-14/h14-15H,2-13H2,1H3,(H2,17,18,19). The third-order valence-electron chi connectivity index (χ3n) is 4.37. The summed E-state index contributed by atoms with van der Waals surface area (Å²) < 4.78 is 5.60. The van der Waals surface area contributed by atoms with Crippen molar-refractivity contribution in [2.24, 2.45) is 16.8 Å². The van der Waals surface area contributed by atoms with E-state index in [1.807, 2.05) is 7.05 Å². The fraction of sp³-hybridized carbons (Fsp3) is 0.938. The molecule has 2 aliphatic rings. The summed E-state index contributed by atoms with van der Waals surface area (Å²) in [6, 6.07) is 0. The van der Waals surface area contributed by atoms with E-state index in [2.05, 4.69) is 15.6 Å². The molecule has 0 atom stereocenters. The largest absolute Gasteiger partial charge is 0.379 e. The lowest BCUT2D eigenvalue weighted by Gasteiger charge is -2.13. The lowest BCUT2D eigenvalue weighted by Crippen LogP contribution is -2.39. The van der Waals surface area contributed by atoms with Crippen LogP contribution < -0.4 is 10.6 Å². The number of hydrogen-bond donors (Lipinski definition) is 2. The first-order chi connectivity index (χ1) is 9.88. The van der Waals surface area contributed by atoms with Crippen LogP contribution in [0, 0.1) is 11.8 Å². The summed E-state index contributed by atoms with van der Waals surface area (Å²) in [5, 5.41) is 6.69. The number of nitrogens with zero attached hydrogens (tertiary/aromatic N) is 1. The maximum absolute atomic E-state index is 5.60. The molecular formula is C16H31N3O. The molecule has 20 heavy (non-hydrogen) atoms. The zero-order valence-corrected chi connectivity index (χ0v) is 13.0. The predicted molar refractivity (Wildman–Crippen MR) is 84.1 cm³/mol. The summed E-state index contributed by atoms with van der Waals surface area (Å²) in [7, 11) is 1.83. The molecule has 0 saturated heterocycles. The minimum Gasteiger partial charge on any atom is -0.379 e. The number of ether oxygens (including phenoxy) is 1. The van der Waals surface area contributed by atoms with Gasteiger partial charge in [0.05, 0.1) is 6.61 Å². The quantitative estimate of drug-likeness (QED) is 0.388. The van der Waals surface area contributed by atoms with Gasteiger partial charge in [-0.1, -0.05) is 25.7 Å². The number of aliphatic imine (C=N–C) groups is 1. The van der Waals surface area contributed by atoms with Crippen molar-refractivity contribution in [3.63, 3.8) is 0 Å². The van der Waals surface area contributed by atoms with E-state index in [-0.39, 0.29) is 0 Å². The van der Waals surface area contributed by atoms with Crippen LogP contribution in [-0.2, 0) is 4.74 Å². The van der Waals surface area contributed by atoms with Gasteiger partial charge in [0, 0.05) is 26.7 Å².